The van der Waals surface area contributed by atoms with Gasteiger partial charge in [-0.25, -0.2) is 3.99 Å². The Labute approximate surface area is 157 Å². The van der Waals surface area contributed by atoms with E-state index < -0.39 is 15.9 Å². The van der Waals surface area contributed by atoms with Gasteiger partial charge in [0.15, 0.2) is 5.69 Å². The van der Waals surface area contributed by atoms with Crippen molar-refractivity contribution < 1.29 is 3.99 Å². The van der Waals surface area contributed by atoms with E-state index in [0.717, 1.165) is 11.4 Å². The Bertz CT molecular complexity index is 927. The second-order valence-corrected chi connectivity index (χ2v) is 13.5. The van der Waals surface area contributed by atoms with Crippen LogP contribution < -0.4 is 5.09 Å². The van der Waals surface area contributed by atoms with Crippen LogP contribution in [-0.2, 0) is 0 Å². The third kappa shape index (κ3) is 4.81. The van der Waals surface area contributed by atoms with Crippen molar-refractivity contribution in [3.63, 3.8) is 0 Å². The Kier molecular flexibility index (Phi) is 5.87. The van der Waals surface area contributed by atoms with Gasteiger partial charge in [-0.3, -0.25) is 0 Å². The molecule has 0 saturated carbocycles. The van der Waals surface area contributed by atoms with Gasteiger partial charge in [-0.05, 0) is 43.9 Å². The highest BCUT2D eigenvalue weighted by Gasteiger charge is 2.34. The van der Waals surface area contributed by atoms with Gasteiger partial charge < -0.3 is 0 Å². The molecule has 0 fully saturated rings. The minimum Gasteiger partial charge on any atom is -0.230 e. The van der Waals surface area contributed by atoms with Crippen LogP contribution in [0.2, 0.25) is 19.6 Å². The summed E-state index contributed by atoms with van der Waals surface area (Å²) in [6.45, 7) is 7.03. The van der Waals surface area contributed by atoms with Crippen molar-refractivity contribution in [1.82, 2.24) is 5.09 Å². The summed E-state index contributed by atoms with van der Waals surface area (Å²) in [5, 5.41) is 5.06. The van der Waals surface area contributed by atoms with E-state index in [-0.39, 0.29) is 0 Å². The van der Waals surface area contributed by atoms with Crippen LogP contribution in [0.1, 0.15) is 0 Å². The molecule has 3 aromatic rings. The quantitative estimate of drug-likeness (QED) is 0.332. The van der Waals surface area contributed by atoms with E-state index in [2.05, 4.69) is 54.0 Å². The fourth-order valence-electron chi connectivity index (χ4n) is 2.64. The van der Waals surface area contributed by atoms with E-state index in [0.29, 0.717) is 0 Å². The lowest BCUT2D eigenvalue weighted by Crippen LogP contribution is -2.33. The molecule has 0 heterocycles. The lowest BCUT2D eigenvalue weighted by Gasteiger charge is -2.15. The fourth-order valence-corrected chi connectivity index (χ4v) is 7.22. The molecule has 131 valence electrons. The molecule has 3 nitrogen and oxygen atoms in total. The third-order valence-corrected chi connectivity index (χ3v) is 9.01. The second kappa shape index (κ2) is 8.30. The Morgan fingerprint density at radius 2 is 1.12 bits per heavy atom. The number of rotatable bonds is 5. The van der Waals surface area contributed by atoms with Crippen molar-refractivity contribution in [3.8, 4) is 0 Å². The highest BCUT2D eigenvalue weighted by atomic mass is 31.1. The number of para-hydroxylation sites is 1. The van der Waals surface area contributed by atoms with E-state index in [1.165, 1.54) is 5.69 Å². The molecule has 5 heteroatoms. The van der Waals surface area contributed by atoms with Gasteiger partial charge in [0.2, 0.25) is 0 Å². The van der Waals surface area contributed by atoms with Crippen LogP contribution in [0, 0.1) is 0 Å². The summed E-state index contributed by atoms with van der Waals surface area (Å²) in [6, 6.07) is 30.9. The first-order valence-electron chi connectivity index (χ1n) is 8.73. The van der Waals surface area contributed by atoms with Crippen molar-refractivity contribution in [2.45, 2.75) is 19.6 Å². The SMILES string of the molecule is C[Si](C)(C)/[N+](c1ccccc1)=P(\[N]c1ccccc1)=N\c1ccccc1. The minimum atomic E-state index is -1.72. The average molecular weight is 378 g/mol. The van der Waals surface area contributed by atoms with Crippen LogP contribution >= 0.6 is 7.66 Å². The fraction of sp³-hybridized carbons (Fsp3) is 0.143. The first-order valence-corrected chi connectivity index (χ1v) is 13.4. The van der Waals surface area contributed by atoms with E-state index in [4.69, 9.17) is 9.83 Å². The van der Waals surface area contributed by atoms with Gasteiger partial charge in [0, 0.05) is 12.1 Å². The Hall–Kier alpha value is -2.42. The molecule has 0 spiro atoms. The molecule has 3 aromatic carbocycles. The van der Waals surface area contributed by atoms with Crippen LogP contribution in [0.3, 0.4) is 0 Å². The number of nitrogens with zero attached hydrogens (tertiary/aromatic N) is 3. The van der Waals surface area contributed by atoms with Crippen molar-refractivity contribution >= 4 is 33.0 Å². The predicted octanol–water partition coefficient (Wildman–Crippen LogP) is 7.20. The summed E-state index contributed by atoms with van der Waals surface area (Å²) in [6.07, 6.45) is 0. The largest absolute Gasteiger partial charge is 0.359 e. The maximum atomic E-state index is 5.06. The zero-order valence-electron chi connectivity index (χ0n) is 15.4. The van der Waals surface area contributed by atoms with E-state index >= 15 is 0 Å². The zero-order valence-corrected chi connectivity index (χ0v) is 17.3. The zero-order chi connectivity index (χ0) is 18.4. The molecule has 3 rings (SSSR count). The predicted molar refractivity (Wildman–Crippen MR) is 113 cm³/mol. The van der Waals surface area contributed by atoms with Crippen LogP contribution in [-0.4, -0.2) is 12.2 Å². The van der Waals surface area contributed by atoms with E-state index in [1.807, 2.05) is 60.7 Å². The van der Waals surface area contributed by atoms with E-state index in [9.17, 15) is 0 Å². The number of hydrogen-bond donors (Lipinski definition) is 0. The summed E-state index contributed by atoms with van der Waals surface area (Å²) in [5.41, 5.74) is 3.13. The second-order valence-electron chi connectivity index (χ2n) is 6.96. The first-order chi connectivity index (χ1) is 12.5. The topological polar surface area (TPSA) is 29.5 Å². The van der Waals surface area contributed by atoms with Gasteiger partial charge in [0.1, 0.15) is 0 Å². The van der Waals surface area contributed by atoms with Gasteiger partial charge in [-0.15, -0.1) is 0 Å². The van der Waals surface area contributed by atoms with Crippen molar-refractivity contribution in [2.24, 2.45) is 4.74 Å². The van der Waals surface area contributed by atoms with Gasteiger partial charge in [-0.1, -0.05) is 54.6 Å². The average Bonchev–Trinajstić information content (AvgIpc) is 2.63. The first kappa shape index (κ1) is 18.4. The molecule has 0 amide bonds. The lowest BCUT2D eigenvalue weighted by molar-refractivity contribution is -0.269. The molecule has 0 bridgehead atoms. The van der Waals surface area contributed by atoms with Crippen molar-refractivity contribution in [1.29, 1.82) is 0 Å². The van der Waals surface area contributed by atoms with Gasteiger partial charge in [-0.2, -0.15) is 9.83 Å². The smallest absolute Gasteiger partial charge is 0.230 e. The molecule has 1 atom stereocenters. The van der Waals surface area contributed by atoms with E-state index in [1.54, 1.807) is 0 Å². The highest BCUT2D eigenvalue weighted by molar-refractivity contribution is 7.33. The Morgan fingerprint density at radius 1 is 0.654 bits per heavy atom. The van der Waals surface area contributed by atoms with Gasteiger partial charge >= 0.3 is 15.9 Å². The molecular weight excluding hydrogens is 353 g/mol. The Balaban J connectivity index is 2.25. The van der Waals surface area contributed by atoms with Crippen LogP contribution in [0.15, 0.2) is 95.7 Å². The summed E-state index contributed by atoms with van der Waals surface area (Å²) < 4.78 is 7.52. The molecule has 0 saturated heterocycles. The molecule has 26 heavy (non-hydrogen) atoms. The molecule has 0 N–H and O–H groups in total. The third-order valence-electron chi connectivity index (χ3n) is 3.74. The molecule has 0 aliphatic heterocycles. The van der Waals surface area contributed by atoms with Crippen LogP contribution in [0.25, 0.3) is 0 Å². The molecule has 0 aliphatic rings. The summed E-state index contributed by atoms with van der Waals surface area (Å²) >= 11 is 0. The normalized spacial score (nSPS) is 12.6. The monoisotopic (exact) mass is 377 g/mol. The lowest BCUT2D eigenvalue weighted by atomic mass is 10.3. The maximum absolute atomic E-state index is 5.06. The molecular formula is C21H24N3PSi+. The highest BCUT2D eigenvalue weighted by Crippen LogP contribution is 2.34. The van der Waals surface area contributed by atoms with Crippen molar-refractivity contribution in [3.05, 3.63) is 91.0 Å². The summed E-state index contributed by atoms with van der Waals surface area (Å²) in [5.74, 6) is 0. The molecule has 0 aliphatic carbocycles. The van der Waals surface area contributed by atoms with Crippen LogP contribution in [0.5, 0.6) is 0 Å². The van der Waals surface area contributed by atoms with Gasteiger partial charge in [0.25, 0.3) is 0 Å². The molecule has 1 unspecified atom stereocenters. The molecule has 1 radical (unpaired) electrons. The molecule has 0 aromatic heterocycles. The summed E-state index contributed by atoms with van der Waals surface area (Å²) in [4.78, 5) is 0. The summed E-state index contributed by atoms with van der Waals surface area (Å²) in [7, 11) is -2.82. The van der Waals surface area contributed by atoms with Gasteiger partial charge in [0.05, 0.1) is 11.4 Å². The maximum Gasteiger partial charge on any atom is 0.359 e. The Morgan fingerprint density at radius 3 is 1.62 bits per heavy atom. The van der Waals surface area contributed by atoms with Crippen LogP contribution in [0.4, 0.5) is 17.1 Å². The number of benzene rings is 3. The van der Waals surface area contributed by atoms with Crippen molar-refractivity contribution in [2.75, 3.05) is 0 Å². The standard InChI is InChI=1S/C21H24N3PSi/c1-26(2,3)24(21-17-11-6-12-18-21)25(22-19-13-7-4-8-14-19)23-20-15-9-5-10-16-20/h4-18H,1-3H3/q+1. The minimum absolute atomic E-state index is 0.970. The number of hydrogen-bond acceptors (Lipinski definition) is 1.